The van der Waals surface area contributed by atoms with Crippen molar-refractivity contribution < 1.29 is 14.1 Å². The molecule has 1 aromatic carbocycles. The van der Waals surface area contributed by atoms with Crippen molar-refractivity contribution in [2.24, 2.45) is 0 Å². The van der Waals surface area contributed by atoms with E-state index in [1.54, 1.807) is 43.5 Å². The SMILES string of the molecule is COc1ccc(N2C(=O)N(c3c(C)noc3C)Cc3cnc(Nc4ccc(C5CCN(C)CC5)cc4C)nc32)nc1. The Hall–Kier alpha value is -4.51. The second kappa shape index (κ2) is 10.8. The quantitative estimate of drug-likeness (QED) is 0.324. The van der Waals surface area contributed by atoms with Crippen LogP contribution in [0.15, 0.2) is 47.2 Å². The molecule has 2 amide bonds. The smallest absolute Gasteiger partial charge is 0.336 e. The molecule has 0 bridgehead atoms. The molecular formula is C30H34N8O3. The van der Waals surface area contributed by atoms with Crippen molar-refractivity contribution in [3.63, 3.8) is 0 Å². The molecule has 41 heavy (non-hydrogen) atoms. The van der Waals surface area contributed by atoms with E-state index in [0.717, 1.165) is 29.9 Å². The lowest BCUT2D eigenvalue weighted by atomic mass is 9.88. The number of carbonyl (C=O) groups excluding carboxylic acids is 1. The van der Waals surface area contributed by atoms with Gasteiger partial charge in [-0.05, 0) is 89.0 Å². The van der Waals surface area contributed by atoms with Crippen LogP contribution in [0.5, 0.6) is 5.75 Å². The normalized spacial score (nSPS) is 16.2. The van der Waals surface area contributed by atoms with Crippen LogP contribution in [0.2, 0.25) is 0 Å². The van der Waals surface area contributed by atoms with Crippen molar-refractivity contribution in [3.8, 4) is 5.75 Å². The summed E-state index contributed by atoms with van der Waals surface area (Å²) < 4.78 is 10.6. The average molecular weight is 555 g/mol. The molecule has 0 spiro atoms. The van der Waals surface area contributed by atoms with Gasteiger partial charge < -0.3 is 19.5 Å². The van der Waals surface area contributed by atoms with Gasteiger partial charge in [0.1, 0.15) is 22.9 Å². The van der Waals surface area contributed by atoms with Crippen molar-refractivity contribution >= 4 is 35.0 Å². The predicted octanol–water partition coefficient (Wildman–Crippen LogP) is 5.62. The molecule has 1 saturated heterocycles. The first-order chi connectivity index (χ1) is 19.8. The number of ether oxygens (including phenoxy) is 1. The number of piperidine rings is 1. The molecule has 1 fully saturated rings. The molecule has 0 radical (unpaired) electrons. The van der Waals surface area contributed by atoms with E-state index in [9.17, 15) is 4.79 Å². The highest BCUT2D eigenvalue weighted by Gasteiger charge is 2.37. The second-order valence-electron chi connectivity index (χ2n) is 10.8. The third-order valence-electron chi connectivity index (χ3n) is 7.94. The van der Waals surface area contributed by atoms with Crippen molar-refractivity contribution in [1.29, 1.82) is 0 Å². The highest BCUT2D eigenvalue weighted by molar-refractivity contribution is 6.10. The summed E-state index contributed by atoms with van der Waals surface area (Å²) in [6.07, 6.45) is 5.67. The van der Waals surface area contributed by atoms with Gasteiger partial charge in [-0.25, -0.2) is 19.7 Å². The number of amides is 2. The van der Waals surface area contributed by atoms with E-state index in [2.05, 4.69) is 57.5 Å². The molecule has 6 rings (SSSR count). The maximum atomic E-state index is 14.0. The summed E-state index contributed by atoms with van der Waals surface area (Å²) in [5, 5.41) is 7.42. The third-order valence-corrected chi connectivity index (χ3v) is 7.94. The number of aromatic nitrogens is 4. The summed E-state index contributed by atoms with van der Waals surface area (Å²) in [5.74, 6) is 3.00. The standard InChI is InChI=1S/C30H34N8O3/c1-18-14-22(21-10-12-36(4)13-11-21)6-8-25(18)33-29-32-15-23-17-37(27-19(2)35-41-20(27)3)30(39)38(28(23)34-29)26-9-7-24(40-5)16-31-26/h6-9,14-16,21H,10-13,17H2,1-5H3,(H,32,33,34). The summed E-state index contributed by atoms with van der Waals surface area (Å²) >= 11 is 0. The lowest BCUT2D eigenvalue weighted by molar-refractivity contribution is 0.252. The van der Waals surface area contributed by atoms with Gasteiger partial charge in [-0.3, -0.25) is 4.90 Å². The molecule has 11 nitrogen and oxygen atoms in total. The monoisotopic (exact) mass is 554 g/mol. The number of nitrogens with one attached hydrogen (secondary N) is 1. The van der Waals surface area contributed by atoms with Gasteiger partial charge in [-0.15, -0.1) is 0 Å². The number of nitrogens with zero attached hydrogens (tertiary/aromatic N) is 7. The van der Waals surface area contributed by atoms with Crippen LogP contribution in [-0.2, 0) is 6.54 Å². The molecular weight excluding hydrogens is 520 g/mol. The molecule has 4 aromatic rings. The minimum atomic E-state index is -0.312. The molecule has 0 unspecified atom stereocenters. The number of hydrogen-bond donors (Lipinski definition) is 1. The van der Waals surface area contributed by atoms with Gasteiger partial charge in [0.2, 0.25) is 5.95 Å². The molecule has 11 heteroatoms. The first-order valence-electron chi connectivity index (χ1n) is 13.8. The number of aryl methyl sites for hydroxylation is 3. The Bertz CT molecular complexity index is 1560. The first kappa shape index (κ1) is 26.7. The second-order valence-corrected chi connectivity index (χ2v) is 10.8. The van der Waals surface area contributed by atoms with Gasteiger partial charge in [-0.1, -0.05) is 17.3 Å². The lowest BCUT2D eigenvalue weighted by Gasteiger charge is -2.35. The van der Waals surface area contributed by atoms with Crippen molar-refractivity contribution in [1.82, 2.24) is 25.0 Å². The third kappa shape index (κ3) is 5.08. The van der Waals surface area contributed by atoms with E-state index in [0.29, 0.717) is 46.4 Å². The summed E-state index contributed by atoms with van der Waals surface area (Å²) in [7, 11) is 3.76. The fourth-order valence-corrected chi connectivity index (χ4v) is 5.63. The lowest BCUT2D eigenvalue weighted by Crippen LogP contribution is -2.46. The number of carbonyl (C=O) groups is 1. The van der Waals surface area contributed by atoms with E-state index < -0.39 is 0 Å². The number of anilines is 5. The zero-order valence-corrected chi connectivity index (χ0v) is 24.0. The number of rotatable bonds is 6. The zero-order valence-electron chi connectivity index (χ0n) is 24.0. The van der Waals surface area contributed by atoms with E-state index in [1.165, 1.54) is 23.3 Å². The average Bonchev–Trinajstić information content (AvgIpc) is 3.31. The molecule has 5 heterocycles. The van der Waals surface area contributed by atoms with Gasteiger partial charge >= 0.3 is 6.03 Å². The van der Waals surface area contributed by atoms with Crippen LogP contribution >= 0.6 is 0 Å². The Morgan fingerprint density at radius 3 is 2.51 bits per heavy atom. The van der Waals surface area contributed by atoms with Crippen LogP contribution in [0.25, 0.3) is 0 Å². The molecule has 1 N–H and O–H groups in total. The van der Waals surface area contributed by atoms with Gasteiger partial charge in [-0.2, -0.15) is 4.98 Å². The minimum absolute atomic E-state index is 0.272. The topological polar surface area (TPSA) is 113 Å². The van der Waals surface area contributed by atoms with Crippen LogP contribution in [0.4, 0.5) is 33.8 Å². The van der Waals surface area contributed by atoms with Crippen LogP contribution in [0.1, 0.15) is 46.9 Å². The number of hydrogen-bond acceptors (Lipinski definition) is 9. The molecule has 3 aromatic heterocycles. The van der Waals surface area contributed by atoms with Crippen LogP contribution in [0.3, 0.4) is 0 Å². The highest BCUT2D eigenvalue weighted by atomic mass is 16.5. The fraction of sp³-hybridized carbons (Fsp3) is 0.367. The number of pyridine rings is 1. The van der Waals surface area contributed by atoms with Gasteiger partial charge in [0.25, 0.3) is 0 Å². The summed E-state index contributed by atoms with van der Waals surface area (Å²) in [4.78, 5) is 33.4. The Morgan fingerprint density at radius 2 is 1.85 bits per heavy atom. The fourth-order valence-electron chi connectivity index (χ4n) is 5.63. The van der Waals surface area contributed by atoms with E-state index >= 15 is 0 Å². The largest absolute Gasteiger partial charge is 0.495 e. The Labute approximate surface area is 239 Å². The molecule has 2 aliphatic heterocycles. The predicted molar refractivity (Wildman–Crippen MR) is 156 cm³/mol. The number of fused-ring (bicyclic) bond motifs is 1. The van der Waals surface area contributed by atoms with Crippen LogP contribution < -0.4 is 19.9 Å². The number of urea groups is 1. The van der Waals surface area contributed by atoms with Gasteiger partial charge in [0.15, 0.2) is 11.6 Å². The number of benzene rings is 1. The summed E-state index contributed by atoms with van der Waals surface area (Å²) in [5.41, 5.74) is 5.44. The molecule has 0 atom stereocenters. The Balaban J connectivity index is 1.33. The van der Waals surface area contributed by atoms with Crippen molar-refractivity contribution in [3.05, 3.63) is 70.9 Å². The van der Waals surface area contributed by atoms with E-state index in [1.807, 2.05) is 6.92 Å². The van der Waals surface area contributed by atoms with E-state index in [4.69, 9.17) is 14.2 Å². The maximum absolute atomic E-state index is 14.0. The van der Waals surface area contributed by atoms with Crippen LogP contribution in [-0.4, -0.2) is 58.3 Å². The molecule has 0 aliphatic carbocycles. The van der Waals surface area contributed by atoms with Gasteiger partial charge in [0, 0.05) is 17.4 Å². The zero-order chi connectivity index (χ0) is 28.7. The molecule has 2 aliphatic rings. The maximum Gasteiger partial charge on any atom is 0.336 e. The van der Waals surface area contributed by atoms with Crippen LogP contribution in [0, 0.1) is 20.8 Å². The number of methoxy groups -OCH3 is 1. The van der Waals surface area contributed by atoms with Crippen molar-refractivity contribution in [2.75, 3.05) is 42.4 Å². The first-order valence-corrected chi connectivity index (χ1v) is 13.8. The highest BCUT2D eigenvalue weighted by Crippen LogP contribution is 2.38. The van der Waals surface area contributed by atoms with E-state index in [-0.39, 0.29) is 12.6 Å². The Morgan fingerprint density at radius 1 is 1.05 bits per heavy atom. The summed E-state index contributed by atoms with van der Waals surface area (Å²) in [6.45, 7) is 8.22. The Kier molecular flexibility index (Phi) is 7.04. The molecule has 212 valence electrons. The molecule has 0 saturated carbocycles. The minimum Gasteiger partial charge on any atom is -0.495 e. The van der Waals surface area contributed by atoms with Crippen molar-refractivity contribution in [2.45, 2.75) is 46.1 Å². The van der Waals surface area contributed by atoms with Gasteiger partial charge in [0.05, 0.1) is 19.9 Å². The number of likely N-dealkylation sites (tertiary alicyclic amines) is 1. The summed E-state index contributed by atoms with van der Waals surface area (Å²) in [6, 6.07) is 9.74.